The van der Waals surface area contributed by atoms with Gasteiger partial charge < -0.3 is 20.2 Å². The predicted molar refractivity (Wildman–Crippen MR) is 132 cm³/mol. The molecule has 3 N–H and O–H groups in total. The second-order valence-corrected chi connectivity index (χ2v) is 8.02. The Hall–Kier alpha value is -3.97. The first kappa shape index (κ1) is 23.2. The van der Waals surface area contributed by atoms with Gasteiger partial charge in [0.2, 0.25) is 11.8 Å². The largest absolute Gasteiger partial charge is 0.481 e. The van der Waals surface area contributed by atoms with E-state index in [0.29, 0.717) is 24.9 Å². The monoisotopic (exact) mass is 456 g/mol. The number of aromatic nitrogens is 2. The van der Waals surface area contributed by atoms with Crippen LogP contribution in [0, 0.1) is 0 Å². The lowest BCUT2D eigenvalue weighted by Gasteiger charge is -2.19. The zero-order valence-corrected chi connectivity index (χ0v) is 19.1. The molecule has 3 aromatic carbocycles. The smallest absolute Gasteiger partial charge is 0.304 e. The number of carboxylic acids is 1. The Balaban J connectivity index is 1.37. The van der Waals surface area contributed by atoms with Crippen molar-refractivity contribution in [3.05, 3.63) is 90.0 Å². The molecule has 34 heavy (non-hydrogen) atoms. The first-order chi connectivity index (χ1) is 16.6. The maximum absolute atomic E-state index is 10.6. The Labute approximate surface area is 198 Å². The maximum atomic E-state index is 10.6. The van der Waals surface area contributed by atoms with Crippen LogP contribution in [-0.4, -0.2) is 27.8 Å². The molecule has 0 aliphatic carbocycles. The lowest BCUT2D eigenvalue weighted by Crippen LogP contribution is -2.17. The van der Waals surface area contributed by atoms with E-state index in [1.807, 2.05) is 54.6 Å². The second kappa shape index (κ2) is 11.2. The van der Waals surface area contributed by atoms with E-state index in [2.05, 4.69) is 52.0 Å². The van der Waals surface area contributed by atoms with Crippen molar-refractivity contribution in [3.63, 3.8) is 0 Å². The number of benzene rings is 3. The Morgan fingerprint density at radius 2 is 1.56 bits per heavy atom. The van der Waals surface area contributed by atoms with Gasteiger partial charge in [0.1, 0.15) is 0 Å². The van der Waals surface area contributed by atoms with Crippen LogP contribution >= 0.6 is 0 Å². The van der Waals surface area contributed by atoms with Crippen molar-refractivity contribution in [2.45, 2.75) is 32.4 Å². The number of hydrogen-bond acceptors (Lipinski definition) is 6. The van der Waals surface area contributed by atoms with Gasteiger partial charge in [-0.2, -0.15) is 0 Å². The molecule has 0 fully saturated rings. The minimum Gasteiger partial charge on any atom is -0.481 e. The van der Waals surface area contributed by atoms with Crippen LogP contribution in [0.5, 0.6) is 0 Å². The van der Waals surface area contributed by atoms with Crippen molar-refractivity contribution in [3.8, 4) is 22.9 Å². The van der Waals surface area contributed by atoms with Gasteiger partial charge in [0.15, 0.2) is 0 Å². The number of carbonyl (C=O) groups is 1. The van der Waals surface area contributed by atoms with Crippen LogP contribution in [0.1, 0.15) is 36.9 Å². The van der Waals surface area contributed by atoms with Crippen molar-refractivity contribution >= 4 is 11.7 Å². The standard InChI is InChI=1S/C27H28N4O3/c1-2-24(29-23-14-8-19(9-15-23)18-28-17-16-25(32)33)20-10-12-22(13-11-20)27-31-30-26(34-27)21-6-4-3-5-7-21/h3-15,24,28-29H,2,16-18H2,1H3,(H,32,33). The Bertz CT molecular complexity index is 1190. The average molecular weight is 457 g/mol. The number of rotatable bonds is 11. The molecule has 0 amide bonds. The van der Waals surface area contributed by atoms with Crippen LogP contribution in [0.15, 0.2) is 83.3 Å². The van der Waals surface area contributed by atoms with Gasteiger partial charge in [0.05, 0.1) is 12.5 Å². The van der Waals surface area contributed by atoms with E-state index in [-0.39, 0.29) is 12.5 Å². The van der Waals surface area contributed by atoms with Crippen LogP contribution in [0.25, 0.3) is 22.9 Å². The van der Waals surface area contributed by atoms with Gasteiger partial charge in [-0.25, -0.2) is 0 Å². The maximum Gasteiger partial charge on any atom is 0.304 e. The van der Waals surface area contributed by atoms with Crippen LogP contribution < -0.4 is 10.6 Å². The molecule has 7 nitrogen and oxygen atoms in total. The Kier molecular flexibility index (Phi) is 7.67. The van der Waals surface area contributed by atoms with Crippen LogP contribution in [-0.2, 0) is 11.3 Å². The first-order valence-corrected chi connectivity index (χ1v) is 11.4. The van der Waals surface area contributed by atoms with Gasteiger partial charge in [-0.05, 0) is 53.9 Å². The van der Waals surface area contributed by atoms with E-state index in [1.165, 1.54) is 5.56 Å². The number of carboxylic acid groups (broad SMARTS) is 1. The third-order valence-electron chi connectivity index (χ3n) is 5.55. The molecule has 1 unspecified atom stereocenters. The second-order valence-electron chi connectivity index (χ2n) is 8.02. The summed E-state index contributed by atoms with van der Waals surface area (Å²) in [7, 11) is 0. The summed E-state index contributed by atoms with van der Waals surface area (Å²) >= 11 is 0. The molecular formula is C27H28N4O3. The highest BCUT2D eigenvalue weighted by Crippen LogP contribution is 2.27. The lowest BCUT2D eigenvalue weighted by atomic mass is 10.0. The summed E-state index contributed by atoms with van der Waals surface area (Å²) in [5.41, 5.74) is 5.11. The fraction of sp³-hybridized carbons (Fsp3) is 0.222. The van der Waals surface area contributed by atoms with Crippen molar-refractivity contribution < 1.29 is 14.3 Å². The molecule has 0 radical (unpaired) electrons. The van der Waals surface area contributed by atoms with E-state index in [9.17, 15) is 4.79 Å². The molecule has 1 heterocycles. The predicted octanol–water partition coefficient (Wildman–Crippen LogP) is 5.53. The van der Waals surface area contributed by atoms with E-state index >= 15 is 0 Å². The first-order valence-electron chi connectivity index (χ1n) is 11.4. The third kappa shape index (κ3) is 6.08. The fourth-order valence-corrected chi connectivity index (χ4v) is 3.66. The van der Waals surface area contributed by atoms with Crippen molar-refractivity contribution in [2.75, 3.05) is 11.9 Å². The lowest BCUT2D eigenvalue weighted by molar-refractivity contribution is -0.136. The normalized spacial score (nSPS) is 11.8. The van der Waals surface area contributed by atoms with E-state index in [4.69, 9.17) is 9.52 Å². The van der Waals surface area contributed by atoms with E-state index in [1.54, 1.807) is 0 Å². The average Bonchev–Trinajstić information content (AvgIpc) is 3.37. The highest BCUT2D eigenvalue weighted by molar-refractivity contribution is 5.66. The molecule has 0 aliphatic heterocycles. The molecule has 1 aromatic heterocycles. The van der Waals surface area contributed by atoms with Crippen LogP contribution in [0.2, 0.25) is 0 Å². The van der Waals surface area contributed by atoms with Gasteiger partial charge in [-0.1, -0.05) is 49.4 Å². The highest BCUT2D eigenvalue weighted by Gasteiger charge is 2.13. The van der Waals surface area contributed by atoms with Crippen LogP contribution in [0.3, 0.4) is 0 Å². The number of nitrogens with zero attached hydrogens (tertiary/aromatic N) is 2. The molecule has 0 bridgehead atoms. The summed E-state index contributed by atoms with van der Waals surface area (Å²) in [5, 5.41) is 23.8. The molecule has 0 saturated heterocycles. The summed E-state index contributed by atoms with van der Waals surface area (Å²) in [5.74, 6) is 0.215. The van der Waals surface area contributed by atoms with Crippen molar-refractivity contribution in [2.24, 2.45) is 0 Å². The summed E-state index contributed by atoms with van der Waals surface area (Å²) < 4.78 is 5.86. The fourth-order valence-electron chi connectivity index (χ4n) is 3.66. The SMILES string of the molecule is CCC(Nc1ccc(CNCCC(=O)O)cc1)c1ccc(-c2nnc(-c3ccccc3)o2)cc1. The summed E-state index contributed by atoms with van der Waals surface area (Å²) in [6.45, 7) is 3.25. The Morgan fingerprint density at radius 1 is 0.912 bits per heavy atom. The summed E-state index contributed by atoms with van der Waals surface area (Å²) in [4.78, 5) is 10.6. The van der Waals surface area contributed by atoms with Gasteiger partial charge in [-0.15, -0.1) is 10.2 Å². The van der Waals surface area contributed by atoms with Gasteiger partial charge in [0.25, 0.3) is 0 Å². The van der Waals surface area contributed by atoms with Crippen molar-refractivity contribution in [1.29, 1.82) is 0 Å². The van der Waals surface area contributed by atoms with Gasteiger partial charge in [0, 0.05) is 29.9 Å². The molecule has 174 valence electrons. The molecule has 1 atom stereocenters. The zero-order valence-electron chi connectivity index (χ0n) is 19.1. The number of aliphatic carboxylic acids is 1. The quantitative estimate of drug-likeness (QED) is 0.255. The molecule has 4 rings (SSSR count). The minimum absolute atomic E-state index is 0.122. The number of anilines is 1. The zero-order chi connectivity index (χ0) is 23.8. The topological polar surface area (TPSA) is 100 Å². The molecule has 0 aliphatic rings. The van der Waals surface area contributed by atoms with Crippen molar-refractivity contribution in [1.82, 2.24) is 15.5 Å². The highest BCUT2D eigenvalue weighted by atomic mass is 16.4. The van der Waals surface area contributed by atoms with Gasteiger partial charge >= 0.3 is 5.97 Å². The molecule has 4 aromatic rings. The molecular weight excluding hydrogens is 428 g/mol. The van der Waals surface area contributed by atoms with Gasteiger partial charge in [-0.3, -0.25) is 4.79 Å². The molecule has 0 spiro atoms. The Morgan fingerprint density at radius 3 is 2.18 bits per heavy atom. The third-order valence-corrected chi connectivity index (χ3v) is 5.55. The summed E-state index contributed by atoms with van der Waals surface area (Å²) in [6.07, 6.45) is 1.05. The van der Waals surface area contributed by atoms with Crippen LogP contribution in [0.4, 0.5) is 5.69 Å². The van der Waals surface area contributed by atoms with E-state index < -0.39 is 5.97 Å². The molecule has 7 heteroatoms. The summed E-state index contributed by atoms with van der Waals surface area (Å²) in [6, 6.07) is 26.3. The molecule has 0 saturated carbocycles. The minimum atomic E-state index is -0.792. The number of nitrogens with one attached hydrogen (secondary N) is 2. The number of hydrogen-bond donors (Lipinski definition) is 3. The van der Waals surface area contributed by atoms with E-state index in [0.717, 1.165) is 28.8 Å².